The zero-order valence-electron chi connectivity index (χ0n) is 22.2. The Hall–Kier alpha value is -3.74. The van der Waals surface area contributed by atoms with Crippen molar-refractivity contribution in [3.05, 3.63) is 120 Å². The predicted octanol–water partition coefficient (Wildman–Crippen LogP) is 4.97. The Labute approximate surface area is 225 Å². The highest BCUT2D eigenvalue weighted by atomic mass is 16.5. The van der Waals surface area contributed by atoms with Gasteiger partial charge in [-0.2, -0.15) is 0 Å². The summed E-state index contributed by atoms with van der Waals surface area (Å²) in [5.74, 6) is -0.0604. The second-order valence-corrected chi connectivity index (χ2v) is 9.38. The predicted molar refractivity (Wildman–Crippen MR) is 152 cm³/mol. The molecule has 0 aromatic heterocycles. The Morgan fingerprint density at radius 3 is 2.03 bits per heavy atom. The van der Waals surface area contributed by atoms with Crippen molar-refractivity contribution < 1.29 is 19.7 Å². The normalized spacial score (nSPS) is 13.4. The van der Waals surface area contributed by atoms with Gasteiger partial charge in [-0.15, -0.1) is 0 Å². The van der Waals surface area contributed by atoms with E-state index in [0.717, 1.165) is 5.56 Å². The number of rotatable bonds is 14. The summed E-state index contributed by atoms with van der Waals surface area (Å²) in [7, 11) is 1.56. The summed E-state index contributed by atoms with van der Waals surface area (Å²) in [6.07, 6.45) is 3.86. The summed E-state index contributed by atoms with van der Waals surface area (Å²) in [5, 5.41) is 20.5. The van der Waals surface area contributed by atoms with Crippen molar-refractivity contribution in [3.8, 4) is 0 Å². The number of aliphatic imine (C=N–C) groups is 1. The minimum atomic E-state index is -1.56. The van der Waals surface area contributed by atoms with E-state index in [0.29, 0.717) is 25.9 Å². The van der Waals surface area contributed by atoms with Crippen LogP contribution in [0.4, 0.5) is 0 Å². The van der Waals surface area contributed by atoms with Crippen LogP contribution in [-0.4, -0.2) is 59.6 Å². The molecule has 0 saturated carbocycles. The molecule has 0 aliphatic rings. The molecule has 6 heteroatoms. The molecular formula is C32H38N2O4. The third-order valence-corrected chi connectivity index (χ3v) is 6.36. The molecule has 2 N–H and O–H groups in total. The lowest BCUT2D eigenvalue weighted by Crippen LogP contribution is -2.36. The van der Waals surface area contributed by atoms with Crippen LogP contribution in [0.2, 0.25) is 0 Å². The van der Waals surface area contributed by atoms with Gasteiger partial charge >= 0.3 is 0 Å². The minimum Gasteiger partial charge on any atom is -0.490 e. The number of aliphatic hydroxyl groups is 2. The molecule has 3 aromatic carbocycles. The average molecular weight is 515 g/mol. The fraction of sp³-hybridized carbons (Fsp3) is 0.312. The van der Waals surface area contributed by atoms with Crippen LogP contribution in [-0.2, 0) is 16.1 Å². The van der Waals surface area contributed by atoms with Crippen molar-refractivity contribution in [1.82, 2.24) is 4.90 Å². The van der Waals surface area contributed by atoms with Crippen LogP contribution in [0.1, 0.15) is 42.4 Å². The zero-order chi connectivity index (χ0) is 27.2. The molecule has 0 spiro atoms. The highest BCUT2D eigenvalue weighted by molar-refractivity contribution is 5.89. The summed E-state index contributed by atoms with van der Waals surface area (Å²) in [6.45, 7) is 2.58. The van der Waals surface area contributed by atoms with Crippen LogP contribution >= 0.6 is 0 Å². The molecule has 200 valence electrons. The number of hydrogen-bond acceptors (Lipinski definition) is 5. The number of carbonyl (C=O) groups excluding carboxylic acids is 1. The van der Waals surface area contributed by atoms with Gasteiger partial charge in [0, 0.05) is 45.0 Å². The number of aliphatic hydroxyl groups excluding tert-OH is 1. The second kappa shape index (κ2) is 14.9. The van der Waals surface area contributed by atoms with Gasteiger partial charge in [0.15, 0.2) is 5.60 Å². The van der Waals surface area contributed by atoms with E-state index in [1.54, 1.807) is 18.9 Å². The second-order valence-electron chi connectivity index (χ2n) is 9.38. The van der Waals surface area contributed by atoms with Crippen molar-refractivity contribution >= 4 is 12.1 Å². The molecule has 0 fully saturated rings. The monoisotopic (exact) mass is 514 g/mol. The lowest BCUT2D eigenvalue weighted by molar-refractivity contribution is -0.126. The summed E-state index contributed by atoms with van der Waals surface area (Å²) in [6, 6.07) is 30.1. The number of nitrogens with zero attached hydrogens (tertiary/aromatic N) is 2. The number of ether oxygens (including phenoxy) is 1. The van der Waals surface area contributed by atoms with Crippen LogP contribution in [0.25, 0.3) is 0 Å². The van der Waals surface area contributed by atoms with Gasteiger partial charge in [-0.3, -0.25) is 9.79 Å². The number of carbonyl (C=O) groups is 1. The van der Waals surface area contributed by atoms with E-state index in [-0.39, 0.29) is 30.8 Å². The fourth-order valence-electron chi connectivity index (χ4n) is 4.36. The highest BCUT2D eigenvalue weighted by Gasteiger charge is 2.28. The quantitative estimate of drug-likeness (QED) is 0.181. The Kier molecular flexibility index (Phi) is 11.3. The largest absolute Gasteiger partial charge is 0.490 e. The van der Waals surface area contributed by atoms with Crippen molar-refractivity contribution in [2.24, 2.45) is 4.99 Å². The Morgan fingerprint density at radius 1 is 0.947 bits per heavy atom. The summed E-state index contributed by atoms with van der Waals surface area (Å²) < 4.78 is 5.96. The van der Waals surface area contributed by atoms with Crippen molar-refractivity contribution in [3.63, 3.8) is 0 Å². The van der Waals surface area contributed by atoms with Gasteiger partial charge in [0.1, 0.15) is 12.4 Å². The first-order valence-corrected chi connectivity index (χ1v) is 13.0. The first-order chi connectivity index (χ1) is 18.4. The highest BCUT2D eigenvalue weighted by Crippen LogP contribution is 2.28. The number of benzene rings is 3. The van der Waals surface area contributed by atoms with E-state index in [1.807, 2.05) is 66.7 Å². The van der Waals surface area contributed by atoms with Crippen molar-refractivity contribution in [2.75, 3.05) is 26.7 Å². The molecule has 0 aliphatic heterocycles. The van der Waals surface area contributed by atoms with Crippen LogP contribution in [0.5, 0.6) is 0 Å². The number of amides is 1. The van der Waals surface area contributed by atoms with Gasteiger partial charge in [-0.05, 0) is 36.5 Å². The number of hydrogen-bond donors (Lipinski definition) is 2. The van der Waals surface area contributed by atoms with Crippen LogP contribution in [0.3, 0.4) is 0 Å². The Bertz CT molecular complexity index is 1120. The molecule has 3 rings (SSSR count). The third kappa shape index (κ3) is 8.68. The molecule has 0 aliphatic carbocycles. The summed E-state index contributed by atoms with van der Waals surface area (Å²) in [5.41, 5.74) is 1.72. The van der Waals surface area contributed by atoms with Gasteiger partial charge < -0.3 is 19.8 Å². The van der Waals surface area contributed by atoms with E-state index in [1.165, 1.54) is 23.4 Å². The van der Waals surface area contributed by atoms with E-state index in [4.69, 9.17) is 4.74 Å². The zero-order valence-corrected chi connectivity index (χ0v) is 22.2. The van der Waals surface area contributed by atoms with Crippen molar-refractivity contribution in [1.29, 1.82) is 0 Å². The smallest absolute Gasteiger partial charge is 0.250 e. The van der Waals surface area contributed by atoms with E-state index in [2.05, 4.69) is 29.3 Å². The minimum absolute atomic E-state index is 0.0220. The molecule has 6 nitrogen and oxygen atoms in total. The SMILES string of the molecule is CN=CC(C)(O)/C(=C/C(=O)N(CCCO)CCC(c1ccccc1)c1ccccc1)OCc1ccccc1. The maximum Gasteiger partial charge on any atom is 0.250 e. The van der Waals surface area contributed by atoms with E-state index >= 15 is 0 Å². The molecule has 1 amide bonds. The first kappa shape index (κ1) is 28.8. The van der Waals surface area contributed by atoms with Crippen LogP contribution < -0.4 is 0 Å². The van der Waals surface area contributed by atoms with Crippen LogP contribution in [0.15, 0.2) is 108 Å². The van der Waals surface area contributed by atoms with Gasteiger partial charge in [0.2, 0.25) is 5.91 Å². The standard InChI is InChI=1S/C32H38N2O4/c1-32(37,25-33-2)30(38-24-26-13-6-3-7-14-26)23-31(36)34(20-12-22-35)21-19-29(27-15-8-4-9-16-27)28-17-10-5-11-18-28/h3-11,13-18,23,25,29,35,37H,12,19-22,24H2,1-2H3/b30-23-,33-25?. The Balaban J connectivity index is 1.84. The summed E-state index contributed by atoms with van der Waals surface area (Å²) in [4.78, 5) is 19.2. The van der Waals surface area contributed by atoms with E-state index in [9.17, 15) is 15.0 Å². The molecule has 0 radical (unpaired) electrons. The lowest BCUT2D eigenvalue weighted by Gasteiger charge is -2.27. The topological polar surface area (TPSA) is 82.4 Å². The molecule has 0 saturated heterocycles. The molecule has 0 bridgehead atoms. The Morgan fingerprint density at radius 2 is 1.50 bits per heavy atom. The van der Waals surface area contributed by atoms with E-state index < -0.39 is 5.60 Å². The molecule has 0 heterocycles. The third-order valence-electron chi connectivity index (χ3n) is 6.36. The van der Waals surface area contributed by atoms with Gasteiger partial charge in [-0.1, -0.05) is 91.0 Å². The fourth-order valence-corrected chi connectivity index (χ4v) is 4.36. The maximum atomic E-state index is 13.5. The molecular weight excluding hydrogens is 476 g/mol. The molecule has 38 heavy (non-hydrogen) atoms. The van der Waals surface area contributed by atoms with Crippen molar-refractivity contribution in [2.45, 2.75) is 37.9 Å². The lowest BCUT2D eigenvalue weighted by atomic mass is 9.88. The average Bonchev–Trinajstić information content (AvgIpc) is 2.94. The molecule has 3 aromatic rings. The van der Waals surface area contributed by atoms with Crippen LogP contribution in [0, 0.1) is 0 Å². The first-order valence-electron chi connectivity index (χ1n) is 13.0. The maximum absolute atomic E-state index is 13.5. The summed E-state index contributed by atoms with van der Waals surface area (Å²) >= 11 is 0. The molecule has 1 atom stereocenters. The van der Waals surface area contributed by atoms with Gasteiger partial charge in [0.05, 0.1) is 0 Å². The molecule has 1 unspecified atom stereocenters. The van der Waals surface area contributed by atoms with Gasteiger partial charge in [-0.25, -0.2) is 0 Å². The van der Waals surface area contributed by atoms with Gasteiger partial charge in [0.25, 0.3) is 0 Å².